The van der Waals surface area contributed by atoms with Gasteiger partial charge in [0.25, 0.3) is 16.4 Å². The molecule has 84 valence electrons. The van der Waals surface area contributed by atoms with Gasteiger partial charge in [-0.3, -0.25) is 0 Å². The summed E-state index contributed by atoms with van der Waals surface area (Å²) < 4.78 is 47.1. The lowest BCUT2D eigenvalue weighted by Gasteiger charge is -2.07. The van der Waals surface area contributed by atoms with Crippen LogP contribution in [-0.4, -0.2) is 13.4 Å². The Morgan fingerprint density at radius 3 is 2.47 bits per heavy atom. The second-order valence-electron chi connectivity index (χ2n) is 2.82. The van der Waals surface area contributed by atoms with Crippen molar-refractivity contribution in [2.45, 2.75) is 18.4 Å². The molecule has 0 bridgehead atoms. The second-order valence-corrected chi connectivity index (χ2v) is 5.46. The normalized spacial score (nSPS) is 12.1. The molecule has 1 heterocycles. The summed E-state index contributed by atoms with van der Waals surface area (Å²) in [6.45, 7) is 1.43. The van der Waals surface area contributed by atoms with Gasteiger partial charge in [0.15, 0.2) is 5.03 Å². The molecule has 0 radical (unpaired) electrons. The Kier molecular flexibility index (Phi) is 3.61. The lowest BCUT2D eigenvalue weighted by Crippen LogP contribution is -2.17. The maximum absolute atomic E-state index is 12.4. The molecule has 1 rings (SSSR count). The number of nitrogens with two attached hydrogens (primary N) is 1. The fourth-order valence-corrected chi connectivity index (χ4v) is 3.06. The summed E-state index contributed by atoms with van der Waals surface area (Å²) in [7, 11) is -4.06. The van der Waals surface area contributed by atoms with E-state index in [0.29, 0.717) is 0 Å². The average Bonchev–Trinajstić information content (AvgIpc) is 2.00. The summed E-state index contributed by atoms with van der Waals surface area (Å²) in [5, 5.41) is 4.33. The van der Waals surface area contributed by atoms with Crippen LogP contribution in [0.15, 0.2) is 11.1 Å². The van der Waals surface area contributed by atoms with Crippen molar-refractivity contribution < 1.29 is 17.2 Å². The molecule has 2 N–H and O–H groups in total. The Labute approximate surface area is 99.1 Å². The molecule has 0 saturated carbocycles. The molecule has 0 saturated heterocycles. The van der Waals surface area contributed by atoms with Crippen molar-refractivity contribution in [1.82, 2.24) is 4.98 Å². The van der Waals surface area contributed by atoms with Gasteiger partial charge >= 0.3 is 0 Å². The first kappa shape index (κ1) is 12.7. The Morgan fingerprint density at radius 2 is 2.07 bits per heavy atom. The van der Waals surface area contributed by atoms with Gasteiger partial charge in [0.1, 0.15) is 5.69 Å². The molecule has 4 nitrogen and oxygen atoms in total. The van der Waals surface area contributed by atoms with E-state index in [2.05, 4.69) is 4.98 Å². The highest BCUT2D eigenvalue weighted by Gasteiger charge is 2.21. The van der Waals surface area contributed by atoms with Crippen LogP contribution in [0.2, 0.25) is 0 Å². The fraction of sp³-hybridized carbons (Fsp3) is 0.286. The van der Waals surface area contributed by atoms with Crippen molar-refractivity contribution in [2.75, 3.05) is 0 Å². The van der Waals surface area contributed by atoms with Gasteiger partial charge in [0.05, 0.1) is 3.57 Å². The Balaban J connectivity index is 3.50. The van der Waals surface area contributed by atoms with Gasteiger partial charge < -0.3 is 0 Å². The third kappa shape index (κ3) is 2.82. The SMILES string of the molecule is Cc1cc(I)c(S(N)(=O)=O)nc1C(F)F. The van der Waals surface area contributed by atoms with E-state index in [0.717, 1.165) is 0 Å². The van der Waals surface area contributed by atoms with Gasteiger partial charge in [0.2, 0.25) is 0 Å². The monoisotopic (exact) mass is 348 g/mol. The number of halogens is 3. The Morgan fingerprint density at radius 1 is 1.53 bits per heavy atom. The van der Waals surface area contributed by atoms with E-state index in [1.54, 1.807) is 22.6 Å². The molecule has 0 aliphatic heterocycles. The molecule has 0 fully saturated rings. The van der Waals surface area contributed by atoms with Crippen LogP contribution in [0.1, 0.15) is 17.7 Å². The van der Waals surface area contributed by atoms with Gasteiger partial charge in [-0.25, -0.2) is 27.3 Å². The molecule has 0 spiro atoms. The van der Waals surface area contributed by atoms with Crippen LogP contribution in [0.4, 0.5) is 8.78 Å². The number of pyridine rings is 1. The summed E-state index contributed by atoms with van der Waals surface area (Å²) in [6, 6.07) is 1.31. The molecule has 1 aromatic rings. The summed E-state index contributed by atoms with van der Waals surface area (Å²) in [4.78, 5) is 3.37. The first-order valence-corrected chi connectivity index (χ1v) is 6.34. The number of primary sulfonamides is 1. The highest BCUT2D eigenvalue weighted by Crippen LogP contribution is 2.25. The van der Waals surface area contributed by atoms with Crippen molar-refractivity contribution in [3.63, 3.8) is 0 Å². The molecule has 0 atom stereocenters. The maximum Gasteiger partial charge on any atom is 0.280 e. The lowest BCUT2D eigenvalue weighted by molar-refractivity contribution is 0.144. The zero-order valence-corrected chi connectivity index (χ0v) is 10.5. The summed E-state index contributed by atoms with van der Waals surface area (Å²) >= 11 is 1.68. The quantitative estimate of drug-likeness (QED) is 0.825. The molecule has 0 aromatic carbocycles. The first-order valence-electron chi connectivity index (χ1n) is 3.71. The topological polar surface area (TPSA) is 73.1 Å². The van der Waals surface area contributed by atoms with Gasteiger partial charge in [-0.2, -0.15) is 0 Å². The van der Waals surface area contributed by atoms with Gasteiger partial charge in [0, 0.05) is 0 Å². The first-order chi connectivity index (χ1) is 6.73. The smallest absolute Gasteiger partial charge is 0.233 e. The zero-order chi connectivity index (χ0) is 11.8. The van der Waals surface area contributed by atoms with Crippen LogP contribution in [0.5, 0.6) is 0 Å². The van der Waals surface area contributed by atoms with Crippen LogP contribution >= 0.6 is 22.6 Å². The maximum atomic E-state index is 12.4. The van der Waals surface area contributed by atoms with Crippen molar-refractivity contribution in [1.29, 1.82) is 0 Å². The van der Waals surface area contributed by atoms with Gasteiger partial charge in [-0.05, 0) is 41.1 Å². The number of rotatable bonds is 2. The minimum absolute atomic E-state index is 0.233. The zero-order valence-electron chi connectivity index (χ0n) is 7.54. The number of alkyl halides is 2. The minimum atomic E-state index is -4.06. The fourth-order valence-electron chi connectivity index (χ4n) is 0.997. The number of hydrogen-bond acceptors (Lipinski definition) is 3. The van der Waals surface area contributed by atoms with Crippen LogP contribution < -0.4 is 5.14 Å². The Hall–Kier alpha value is -0.350. The van der Waals surface area contributed by atoms with Crippen molar-refractivity contribution in [2.24, 2.45) is 5.14 Å². The number of aromatic nitrogens is 1. The predicted molar refractivity (Wildman–Crippen MR) is 58.0 cm³/mol. The molecule has 0 unspecified atom stereocenters. The molecular weight excluding hydrogens is 341 g/mol. The van der Waals surface area contributed by atoms with E-state index in [-0.39, 0.29) is 9.13 Å². The van der Waals surface area contributed by atoms with Gasteiger partial charge in [-0.1, -0.05) is 0 Å². The summed E-state index contributed by atoms with van der Waals surface area (Å²) in [5.41, 5.74) is -0.318. The third-order valence-corrected chi connectivity index (χ3v) is 3.69. The number of hydrogen-bond donors (Lipinski definition) is 1. The van der Waals surface area contributed by atoms with Gasteiger partial charge in [-0.15, -0.1) is 0 Å². The van der Waals surface area contributed by atoms with Crippen molar-refractivity contribution in [3.8, 4) is 0 Å². The van der Waals surface area contributed by atoms with Crippen molar-refractivity contribution in [3.05, 3.63) is 20.9 Å². The molecule has 0 amide bonds. The Bertz CT molecular complexity index is 490. The second kappa shape index (κ2) is 4.26. The van der Waals surface area contributed by atoms with E-state index in [1.807, 2.05) is 0 Å². The molecule has 0 aliphatic rings. The molecule has 1 aromatic heterocycles. The number of nitrogens with zero attached hydrogens (tertiary/aromatic N) is 1. The van der Waals surface area contributed by atoms with E-state index >= 15 is 0 Å². The van der Waals surface area contributed by atoms with E-state index in [1.165, 1.54) is 13.0 Å². The molecule has 8 heteroatoms. The van der Waals surface area contributed by atoms with Crippen LogP contribution in [0, 0.1) is 10.5 Å². The largest absolute Gasteiger partial charge is 0.280 e. The number of aryl methyl sites for hydroxylation is 1. The van der Waals surface area contributed by atoms with E-state index < -0.39 is 27.2 Å². The van der Waals surface area contributed by atoms with Crippen LogP contribution in [-0.2, 0) is 10.0 Å². The average molecular weight is 348 g/mol. The van der Waals surface area contributed by atoms with Crippen LogP contribution in [0.3, 0.4) is 0 Å². The number of sulfonamides is 1. The molecule has 15 heavy (non-hydrogen) atoms. The minimum Gasteiger partial charge on any atom is -0.233 e. The van der Waals surface area contributed by atoms with E-state index in [4.69, 9.17) is 5.14 Å². The summed E-state index contributed by atoms with van der Waals surface area (Å²) in [6.07, 6.45) is -2.82. The predicted octanol–water partition coefficient (Wildman–Crippen LogP) is 1.58. The lowest BCUT2D eigenvalue weighted by atomic mass is 10.2. The highest BCUT2D eigenvalue weighted by molar-refractivity contribution is 14.1. The van der Waals surface area contributed by atoms with E-state index in [9.17, 15) is 17.2 Å². The highest BCUT2D eigenvalue weighted by atomic mass is 127. The standard InChI is InChI=1S/C7H7F2IN2O2S/c1-3-2-4(10)7(15(11,13)14)12-5(3)6(8)9/h2,6H,1H3,(H2,11,13,14). The third-order valence-electron chi connectivity index (χ3n) is 1.65. The van der Waals surface area contributed by atoms with Crippen LogP contribution in [0.25, 0.3) is 0 Å². The molecule has 0 aliphatic carbocycles. The molecular formula is C7H7F2IN2O2S. The van der Waals surface area contributed by atoms with Crippen molar-refractivity contribution >= 4 is 32.6 Å². The summed E-state index contributed by atoms with van der Waals surface area (Å²) in [5.74, 6) is 0.